The standard InChI is InChI=1S/C20H20ClN3O3/c1-4-16-19(22-20(25)13-7-5-6-8-15(13)21)18(24-23-16)14-11-12(26-2)9-10-17(14)27-3/h5-11H,4H2,1-3H3,(H,22,25)(H,23,24). The Hall–Kier alpha value is -2.99. The fourth-order valence-electron chi connectivity index (χ4n) is 2.79. The van der Waals surface area contributed by atoms with E-state index in [4.69, 9.17) is 21.1 Å². The van der Waals surface area contributed by atoms with E-state index < -0.39 is 0 Å². The van der Waals surface area contributed by atoms with Crippen LogP contribution >= 0.6 is 11.6 Å². The van der Waals surface area contributed by atoms with Gasteiger partial charge in [0, 0.05) is 5.56 Å². The molecule has 140 valence electrons. The molecule has 3 rings (SSSR count). The molecule has 0 unspecified atom stereocenters. The van der Waals surface area contributed by atoms with E-state index in [1.165, 1.54) is 0 Å². The molecule has 7 heteroatoms. The number of amides is 1. The van der Waals surface area contributed by atoms with Crippen LogP contribution in [0, 0.1) is 0 Å². The van der Waals surface area contributed by atoms with Crippen molar-refractivity contribution < 1.29 is 14.3 Å². The van der Waals surface area contributed by atoms with E-state index in [0.717, 1.165) is 5.69 Å². The third-order valence-electron chi connectivity index (χ3n) is 4.21. The lowest BCUT2D eigenvalue weighted by Gasteiger charge is -2.12. The first kappa shape index (κ1) is 18.8. The van der Waals surface area contributed by atoms with Crippen molar-refractivity contribution in [3.63, 3.8) is 0 Å². The van der Waals surface area contributed by atoms with Crippen molar-refractivity contribution in [2.75, 3.05) is 19.5 Å². The van der Waals surface area contributed by atoms with Crippen LogP contribution in [0.25, 0.3) is 11.3 Å². The van der Waals surface area contributed by atoms with Gasteiger partial charge in [-0.15, -0.1) is 0 Å². The molecular formula is C20H20ClN3O3. The predicted octanol–water partition coefficient (Wildman–Crippen LogP) is 4.56. The summed E-state index contributed by atoms with van der Waals surface area (Å²) in [5.74, 6) is 0.980. The Balaban J connectivity index is 2.06. The number of halogens is 1. The summed E-state index contributed by atoms with van der Waals surface area (Å²) in [5, 5.41) is 10.7. The zero-order chi connectivity index (χ0) is 19.4. The summed E-state index contributed by atoms with van der Waals surface area (Å²) in [6.07, 6.45) is 0.664. The molecule has 0 atom stereocenters. The molecule has 1 heterocycles. The molecular weight excluding hydrogens is 366 g/mol. The Labute approximate surface area is 162 Å². The highest BCUT2D eigenvalue weighted by atomic mass is 35.5. The van der Waals surface area contributed by atoms with E-state index in [2.05, 4.69) is 15.5 Å². The monoisotopic (exact) mass is 385 g/mol. The number of carbonyl (C=O) groups is 1. The van der Waals surface area contributed by atoms with Gasteiger partial charge < -0.3 is 14.8 Å². The Kier molecular flexibility index (Phi) is 5.66. The normalized spacial score (nSPS) is 10.5. The van der Waals surface area contributed by atoms with Gasteiger partial charge in [-0.3, -0.25) is 9.89 Å². The highest BCUT2D eigenvalue weighted by molar-refractivity contribution is 6.34. The van der Waals surface area contributed by atoms with Gasteiger partial charge in [0.25, 0.3) is 5.91 Å². The number of nitrogens with zero attached hydrogens (tertiary/aromatic N) is 1. The van der Waals surface area contributed by atoms with Crippen LogP contribution in [0.5, 0.6) is 11.5 Å². The highest BCUT2D eigenvalue weighted by Gasteiger charge is 2.21. The fraction of sp³-hybridized carbons (Fsp3) is 0.200. The molecule has 3 aromatic rings. The first-order valence-electron chi connectivity index (χ1n) is 8.44. The number of benzene rings is 2. The average molecular weight is 386 g/mol. The lowest BCUT2D eigenvalue weighted by atomic mass is 10.1. The molecule has 0 saturated heterocycles. The first-order chi connectivity index (χ1) is 13.1. The molecule has 0 aliphatic heterocycles. The number of nitrogens with one attached hydrogen (secondary N) is 2. The SMILES string of the molecule is CCc1[nH]nc(-c2cc(OC)ccc2OC)c1NC(=O)c1ccccc1Cl. The zero-order valence-corrected chi connectivity index (χ0v) is 16.1. The van der Waals surface area contributed by atoms with Crippen LogP contribution in [0.15, 0.2) is 42.5 Å². The third-order valence-corrected chi connectivity index (χ3v) is 4.54. The van der Waals surface area contributed by atoms with Gasteiger partial charge in [-0.05, 0) is 36.8 Å². The van der Waals surface area contributed by atoms with E-state index in [0.29, 0.717) is 45.5 Å². The van der Waals surface area contributed by atoms with E-state index in [1.54, 1.807) is 50.6 Å². The van der Waals surface area contributed by atoms with Crippen molar-refractivity contribution in [3.05, 3.63) is 58.7 Å². The molecule has 0 bridgehead atoms. The molecule has 1 aromatic heterocycles. The zero-order valence-electron chi connectivity index (χ0n) is 15.3. The lowest BCUT2D eigenvalue weighted by molar-refractivity contribution is 0.102. The van der Waals surface area contributed by atoms with Crippen LogP contribution in [0.2, 0.25) is 5.02 Å². The topological polar surface area (TPSA) is 76.2 Å². The second-order valence-electron chi connectivity index (χ2n) is 5.78. The summed E-state index contributed by atoms with van der Waals surface area (Å²) in [6, 6.07) is 12.3. The van der Waals surface area contributed by atoms with Gasteiger partial charge in [0.15, 0.2) is 0 Å². The number of anilines is 1. The van der Waals surface area contributed by atoms with Crippen LogP contribution in [0.3, 0.4) is 0 Å². The van der Waals surface area contributed by atoms with Crippen LogP contribution in [0.1, 0.15) is 23.0 Å². The second kappa shape index (κ2) is 8.14. The number of hydrogen-bond acceptors (Lipinski definition) is 4. The third kappa shape index (κ3) is 3.75. The van der Waals surface area contributed by atoms with E-state index in [9.17, 15) is 4.79 Å². The van der Waals surface area contributed by atoms with Crippen LogP contribution in [-0.2, 0) is 6.42 Å². The van der Waals surface area contributed by atoms with Gasteiger partial charge >= 0.3 is 0 Å². The predicted molar refractivity (Wildman–Crippen MR) is 106 cm³/mol. The fourth-order valence-corrected chi connectivity index (χ4v) is 3.01. The molecule has 1 amide bonds. The van der Waals surface area contributed by atoms with E-state index in [1.807, 2.05) is 13.0 Å². The van der Waals surface area contributed by atoms with Crippen LogP contribution in [0.4, 0.5) is 5.69 Å². The summed E-state index contributed by atoms with van der Waals surface area (Å²) in [7, 11) is 3.17. The lowest BCUT2D eigenvalue weighted by Crippen LogP contribution is -2.14. The number of H-pyrrole nitrogens is 1. The Morgan fingerprint density at radius 2 is 1.96 bits per heavy atom. The molecule has 0 aliphatic carbocycles. The van der Waals surface area contributed by atoms with Crippen LogP contribution in [-0.4, -0.2) is 30.3 Å². The van der Waals surface area contributed by atoms with Gasteiger partial charge in [0.2, 0.25) is 0 Å². The Morgan fingerprint density at radius 1 is 1.19 bits per heavy atom. The highest BCUT2D eigenvalue weighted by Crippen LogP contribution is 2.38. The molecule has 0 spiro atoms. The maximum absolute atomic E-state index is 12.8. The number of aromatic nitrogens is 2. The summed E-state index contributed by atoms with van der Waals surface area (Å²) >= 11 is 6.16. The number of carbonyl (C=O) groups excluding carboxylic acids is 1. The van der Waals surface area contributed by atoms with Gasteiger partial charge in [-0.25, -0.2) is 0 Å². The molecule has 0 aliphatic rings. The largest absolute Gasteiger partial charge is 0.497 e. The number of ether oxygens (including phenoxy) is 2. The van der Waals surface area contributed by atoms with E-state index in [-0.39, 0.29) is 5.91 Å². The number of aromatic amines is 1. The average Bonchev–Trinajstić information content (AvgIpc) is 3.10. The molecule has 0 fully saturated rings. The van der Waals surface area contributed by atoms with Crippen LogP contribution < -0.4 is 14.8 Å². The molecule has 6 nitrogen and oxygen atoms in total. The number of aryl methyl sites for hydroxylation is 1. The maximum Gasteiger partial charge on any atom is 0.257 e. The van der Waals surface area contributed by atoms with E-state index >= 15 is 0 Å². The molecule has 2 aromatic carbocycles. The maximum atomic E-state index is 12.8. The number of methoxy groups -OCH3 is 2. The van der Waals surface area contributed by atoms with Crippen molar-refractivity contribution in [3.8, 4) is 22.8 Å². The minimum atomic E-state index is -0.306. The van der Waals surface area contributed by atoms with Gasteiger partial charge in [0.05, 0.1) is 36.2 Å². The van der Waals surface area contributed by atoms with Gasteiger partial charge in [-0.1, -0.05) is 30.7 Å². The summed E-state index contributed by atoms with van der Waals surface area (Å²) < 4.78 is 10.8. The Morgan fingerprint density at radius 3 is 2.63 bits per heavy atom. The number of rotatable bonds is 6. The molecule has 2 N–H and O–H groups in total. The quantitative estimate of drug-likeness (QED) is 0.652. The van der Waals surface area contributed by atoms with Crippen molar-refractivity contribution in [2.24, 2.45) is 0 Å². The smallest absolute Gasteiger partial charge is 0.257 e. The summed E-state index contributed by atoms with van der Waals surface area (Å²) in [6.45, 7) is 1.98. The first-order valence-corrected chi connectivity index (χ1v) is 8.82. The molecule has 0 radical (unpaired) electrons. The minimum absolute atomic E-state index is 0.306. The van der Waals surface area contributed by atoms with Crippen molar-refractivity contribution in [1.82, 2.24) is 10.2 Å². The second-order valence-corrected chi connectivity index (χ2v) is 6.19. The van der Waals surface area contributed by atoms with Gasteiger partial charge in [-0.2, -0.15) is 5.10 Å². The summed E-state index contributed by atoms with van der Waals surface area (Å²) in [4.78, 5) is 12.8. The summed E-state index contributed by atoms with van der Waals surface area (Å²) in [5.41, 5.74) is 3.07. The molecule has 27 heavy (non-hydrogen) atoms. The minimum Gasteiger partial charge on any atom is -0.497 e. The van der Waals surface area contributed by atoms with Crippen molar-refractivity contribution in [2.45, 2.75) is 13.3 Å². The molecule has 0 saturated carbocycles. The van der Waals surface area contributed by atoms with Crippen molar-refractivity contribution >= 4 is 23.2 Å². The number of hydrogen-bond donors (Lipinski definition) is 2. The van der Waals surface area contributed by atoms with Crippen molar-refractivity contribution in [1.29, 1.82) is 0 Å². The Bertz CT molecular complexity index is 969. The van der Waals surface area contributed by atoms with Gasteiger partial charge in [0.1, 0.15) is 17.2 Å².